The van der Waals surface area contributed by atoms with Crippen LogP contribution in [0, 0.1) is 5.82 Å². The van der Waals surface area contributed by atoms with Crippen LogP contribution in [0.5, 0.6) is 0 Å². The van der Waals surface area contributed by atoms with Gasteiger partial charge in [-0.3, -0.25) is 19.3 Å². The summed E-state index contributed by atoms with van der Waals surface area (Å²) in [6, 6.07) is 8.02. The summed E-state index contributed by atoms with van der Waals surface area (Å²) in [5.74, 6) is -2.73. The molecule has 2 heterocycles. The number of aromatic nitrogens is 1. The topological polar surface area (TPSA) is 131 Å². The number of para-hydroxylation sites is 1. The molecular weight excluding hydrogens is 465 g/mol. The molecule has 172 valence electrons. The molecule has 8 nitrogen and oxygen atoms in total. The van der Waals surface area contributed by atoms with Gasteiger partial charge >= 0.3 is 0 Å². The van der Waals surface area contributed by atoms with Crippen molar-refractivity contribution in [3.8, 4) is 0 Å². The van der Waals surface area contributed by atoms with Crippen LogP contribution in [0.4, 0.5) is 15.8 Å². The lowest BCUT2D eigenvalue weighted by atomic mass is 10.1. The normalized spacial score (nSPS) is 14.7. The minimum absolute atomic E-state index is 0.00697. The number of anilines is 2. The van der Waals surface area contributed by atoms with Gasteiger partial charge in [0.05, 0.1) is 11.4 Å². The number of nitrogens with two attached hydrogens (primary N) is 2. The van der Waals surface area contributed by atoms with E-state index in [-0.39, 0.29) is 28.0 Å². The standard InChI is InChI=1S/C22H22FN5O3S2/c23-13-8-3-4-9-14(13)28(22(31)19-16(24)17(20(25)29)27-33-19)18(15-10-5-11-32-15)21(30)26-12-6-1-2-7-12/h3-5,8-12,18H,1-2,6-7,24H2,(H2,25,29)(H,26,30). The molecule has 0 bridgehead atoms. The predicted molar refractivity (Wildman–Crippen MR) is 126 cm³/mol. The van der Waals surface area contributed by atoms with E-state index in [1.54, 1.807) is 23.6 Å². The molecule has 1 atom stereocenters. The zero-order valence-corrected chi connectivity index (χ0v) is 19.1. The number of nitrogens with one attached hydrogen (secondary N) is 1. The minimum Gasteiger partial charge on any atom is -0.395 e. The third-order valence-corrected chi connectivity index (χ3v) is 7.28. The molecule has 11 heteroatoms. The summed E-state index contributed by atoms with van der Waals surface area (Å²) in [5.41, 5.74) is 10.8. The molecule has 1 aliphatic carbocycles. The fourth-order valence-corrected chi connectivity index (χ4v) is 5.48. The van der Waals surface area contributed by atoms with Crippen molar-refractivity contribution in [2.45, 2.75) is 37.8 Å². The molecule has 0 radical (unpaired) electrons. The second kappa shape index (κ2) is 9.67. The lowest BCUT2D eigenvalue weighted by Gasteiger charge is -2.31. The Morgan fingerprint density at radius 3 is 2.48 bits per heavy atom. The number of hydrogen-bond acceptors (Lipinski definition) is 7. The van der Waals surface area contributed by atoms with E-state index < -0.39 is 29.6 Å². The smallest absolute Gasteiger partial charge is 0.273 e. The van der Waals surface area contributed by atoms with Crippen LogP contribution >= 0.6 is 22.9 Å². The summed E-state index contributed by atoms with van der Waals surface area (Å²) < 4.78 is 18.9. The number of nitrogen functional groups attached to an aromatic ring is 1. The summed E-state index contributed by atoms with van der Waals surface area (Å²) in [6.45, 7) is 0. The Morgan fingerprint density at radius 2 is 1.88 bits per heavy atom. The number of carbonyl (C=O) groups excluding carboxylic acids is 3. The first kappa shape index (κ1) is 22.9. The maximum absolute atomic E-state index is 15.0. The van der Waals surface area contributed by atoms with E-state index >= 15 is 0 Å². The molecule has 4 rings (SSSR count). The Labute approximate surface area is 197 Å². The molecule has 3 aromatic rings. The summed E-state index contributed by atoms with van der Waals surface area (Å²) in [6.07, 6.45) is 3.72. The fourth-order valence-electron chi connectivity index (χ4n) is 3.92. The second-order valence-corrected chi connectivity index (χ2v) is 9.43. The number of benzene rings is 1. The van der Waals surface area contributed by atoms with Crippen molar-refractivity contribution in [2.24, 2.45) is 5.73 Å². The van der Waals surface area contributed by atoms with Crippen LogP contribution in [0.3, 0.4) is 0 Å². The number of thiophene rings is 1. The molecule has 1 fully saturated rings. The predicted octanol–water partition coefficient (Wildman–Crippen LogP) is 3.47. The average molecular weight is 488 g/mol. The number of nitrogens with zero attached hydrogens (tertiary/aromatic N) is 2. The zero-order valence-electron chi connectivity index (χ0n) is 17.5. The van der Waals surface area contributed by atoms with Crippen molar-refractivity contribution < 1.29 is 18.8 Å². The molecule has 1 unspecified atom stereocenters. The summed E-state index contributed by atoms with van der Waals surface area (Å²) in [4.78, 5) is 40.4. The van der Waals surface area contributed by atoms with E-state index in [1.165, 1.54) is 29.5 Å². The van der Waals surface area contributed by atoms with E-state index in [9.17, 15) is 18.8 Å². The number of halogens is 1. The van der Waals surface area contributed by atoms with Crippen molar-refractivity contribution in [3.63, 3.8) is 0 Å². The van der Waals surface area contributed by atoms with Crippen LogP contribution in [-0.2, 0) is 4.79 Å². The highest BCUT2D eigenvalue weighted by Crippen LogP contribution is 2.36. The van der Waals surface area contributed by atoms with Gasteiger partial charge in [0.25, 0.3) is 11.8 Å². The second-order valence-electron chi connectivity index (χ2n) is 7.67. The molecule has 5 N–H and O–H groups in total. The van der Waals surface area contributed by atoms with Crippen molar-refractivity contribution >= 4 is 52.0 Å². The van der Waals surface area contributed by atoms with Gasteiger partial charge in [-0.05, 0) is 48.0 Å². The zero-order chi connectivity index (χ0) is 23.5. The van der Waals surface area contributed by atoms with Gasteiger partial charge in [0, 0.05) is 10.9 Å². The molecule has 0 aliphatic heterocycles. The highest BCUT2D eigenvalue weighted by atomic mass is 32.1. The van der Waals surface area contributed by atoms with E-state index in [1.807, 2.05) is 0 Å². The molecule has 0 saturated heterocycles. The van der Waals surface area contributed by atoms with Gasteiger partial charge in [0.1, 0.15) is 10.7 Å². The summed E-state index contributed by atoms with van der Waals surface area (Å²) >= 11 is 1.96. The van der Waals surface area contributed by atoms with Crippen LogP contribution in [0.2, 0.25) is 0 Å². The van der Waals surface area contributed by atoms with Crippen molar-refractivity contribution in [1.29, 1.82) is 0 Å². The van der Waals surface area contributed by atoms with Crippen molar-refractivity contribution in [1.82, 2.24) is 9.69 Å². The molecule has 0 spiro atoms. The number of hydrogen-bond donors (Lipinski definition) is 3. The molecular formula is C22H22FN5O3S2. The maximum Gasteiger partial charge on any atom is 0.273 e. The van der Waals surface area contributed by atoms with Gasteiger partial charge in [-0.25, -0.2) is 4.39 Å². The van der Waals surface area contributed by atoms with Gasteiger partial charge in [-0.1, -0.05) is 31.0 Å². The summed E-state index contributed by atoms with van der Waals surface area (Å²) in [7, 11) is 0. The average Bonchev–Trinajstić information content (AvgIpc) is 3.54. The SMILES string of the molecule is NC(=O)c1nsc(C(=O)N(c2ccccc2F)C(C(=O)NC2CCCC2)c2cccs2)c1N. The molecule has 3 amide bonds. The van der Waals surface area contributed by atoms with Crippen LogP contribution in [-0.4, -0.2) is 28.1 Å². The van der Waals surface area contributed by atoms with Gasteiger partial charge in [0.2, 0.25) is 5.91 Å². The Morgan fingerprint density at radius 1 is 1.15 bits per heavy atom. The highest BCUT2D eigenvalue weighted by Gasteiger charge is 2.38. The third-order valence-electron chi connectivity index (χ3n) is 5.51. The number of primary amides is 1. The third kappa shape index (κ3) is 4.60. The number of rotatable bonds is 7. The highest BCUT2D eigenvalue weighted by molar-refractivity contribution is 7.10. The van der Waals surface area contributed by atoms with E-state index in [4.69, 9.17) is 11.5 Å². The van der Waals surface area contributed by atoms with Crippen LogP contribution in [0.1, 0.15) is 56.8 Å². The van der Waals surface area contributed by atoms with E-state index in [2.05, 4.69) is 9.69 Å². The molecule has 2 aromatic heterocycles. The largest absolute Gasteiger partial charge is 0.395 e. The van der Waals surface area contributed by atoms with E-state index in [0.717, 1.165) is 30.6 Å². The molecule has 1 aromatic carbocycles. The van der Waals surface area contributed by atoms with Gasteiger partial charge in [-0.15, -0.1) is 11.3 Å². The van der Waals surface area contributed by atoms with Crippen molar-refractivity contribution in [2.75, 3.05) is 10.6 Å². The Bertz CT molecular complexity index is 1170. The number of carbonyl (C=O) groups is 3. The van der Waals surface area contributed by atoms with Crippen LogP contribution < -0.4 is 21.7 Å². The van der Waals surface area contributed by atoms with Gasteiger partial charge < -0.3 is 16.8 Å². The Hall–Kier alpha value is -3.31. The minimum atomic E-state index is -1.14. The molecule has 1 saturated carbocycles. The Kier molecular flexibility index (Phi) is 6.70. The number of amides is 3. The van der Waals surface area contributed by atoms with Crippen molar-refractivity contribution in [3.05, 3.63) is 63.0 Å². The quantitative estimate of drug-likeness (QED) is 0.470. The first-order valence-corrected chi connectivity index (χ1v) is 12.0. The maximum atomic E-state index is 15.0. The van der Waals surface area contributed by atoms with Gasteiger partial charge in [0.15, 0.2) is 11.7 Å². The summed E-state index contributed by atoms with van der Waals surface area (Å²) in [5, 5.41) is 4.79. The molecule has 1 aliphatic rings. The monoisotopic (exact) mass is 487 g/mol. The lowest BCUT2D eigenvalue weighted by Crippen LogP contribution is -2.46. The first-order chi connectivity index (χ1) is 15.9. The van der Waals surface area contributed by atoms with Gasteiger partial charge in [-0.2, -0.15) is 4.37 Å². The Balaban J connectivity index is 1.83. The van der Waals surface area contributed by atoms with E-state index in [0.29, 0.717) is 16.4 Å². The fraction of sp³-hybridized carbons (Fsp3) is 0.273. The first-order valence-electron chi connectivity index (χ1n) is 10.3. The lowest BCUT2D eigenvalue weighted by molar-refractivity contribution is -0.123. The van der Waals surface area contributed by atoms with Crippen LogP contribution in [0.25, 0.3) is 0 Å². The molecule has 33 heavy (non-hydrogen) atoms. The van der Waals surface area contributed by atoms with Crippen LogP contribution in [0.15, 0.2) is 41.8 Å².